The monoisotopic (exact) mass is 286 g/mol. The molecular weight excluding hydrogens is 264 g/mol. The van der Waals surface area contributed by atoms with Crippen LogP contribution in [0.3, 0.4) is 0 Å². The first kappa shape index (κ1) is 16.1. The second kappa shape index (κ2) is 6.47. The molecule has 0 saturated carbocycles. The van der Waals surface area contributed by atoms with Gasteiger partial charge in [0.05, 0.1) is 11.0 Å². The lowest BCUT2D eigenvalue weighted by Crippen LogP contribution is -2.33. The molecular formula is C13H22N2O3S. The topological polar surface area (TPSA) is 69.6 Å². The van der Waals surface area contributed by atoms with E-state index >= 15 is 0 Å². The summed E-state index contributed by atoms with van der Waals surface area (Å²) in [5.41, 5.74) is 1.03. The number of hydrogen-bond donors (Lipinski definition) is 2. The van der Waals surface area contributed by atoms with Crippen LogP contribution in [0.4, 0.5) is 0 Å². The Kier molecular flexibility index (Phi) is 5.49. The van der Waals surface area contributed by atoms with Crippen LogP contribution in [0, 0.1) is 0 Å². The van der Waals surface area contributed by atoms with Crippen molar-refractivity contribution in [2.45, 2.75) is 30.9 Å². The number of hydrogen-bond acceptors (Lipinski definition) is 4. The zero-order valence-corrected chi connectivity index (χ0v) is 12.6. The molecule has 6 heteroatoms. The molecule has 19 heavy (non-hydrogen) atoms. The lowest BCUT2D eigenvalue weighted by atomic mass is 10.1. The van der Waals surface area contributed by atoms with Crippen molar-refractivity contribution >= 4 is 10.0 Å². The molecule has 0 bridgehead atoms. The third-order valence-electron chi connectivity index (χ3n) is 3.04. The standard InChI is InChI=1S/C13H22N2O3S/c1-10(16)9-15(4)19(17,18)13-7-5-12(6-8-13)11(2)14-3/h5-8,10-11,14,16H,9H2,1-4H3. The van der Waals surface area contributed by atoms with E-state index in [1.807, 2.05) is 14.0 Å². The molecule has 1 aromatic carbocycles. The minimum absolute atomic E-state index is 0.0804. The first-order valence-electron chi connectivity index (χ1n) is 6.20. The van der Waals surface area contributed by atoms with Gasteiger partial charge in [-0.2, -0.15) is 4.31 Å². The number of nitrogens with one attached hydrogen (secondary N) is 1. The van der Waals surface area contributed by atoms with E-state index < -0.39 is 16.1 Å². The molecule has 0 saturated heterocycles. The first-order chi connectivity index (χ1) is 8.78. The van der Waals surface area contributed by atoms with Crippen molar-refractivity contribution in [3.8, 4) is 0 Å². The third-order valence-corrected chi connectivity index (χ3v) is 4.88. The van der Waals surface area contributed by atoms with Crippen LogP contribution >= 0.6 is 0 Å². The summed E-state index contributed by atoms with van der Waals surface area (Å²) in [4.78, 5) is 0.239. The molecule has 0 fully saturated rings. The summed E-state index contributed by atoms with van der Waals surface area (Å²) in [5.74, 6) is 0. The highest BCUT2D eigenvalue weighted by Crippen LogP contribution is 2.18. The van der Waals surface area contributed by atoms with Crippen molar-refractivity contribution in [2.24, 2.45) is 0 Å². The molecule has 0 amide bonds. The second-order valence-electron chi connectivity index (χ2n) is 4.71. The normalized spacial score (nSPS) is 15.5. The van der Waals surface area contributed by atoms with E-state index in [2.05, 4.69) is 5.32 Å². The van der Waals surface area contributed by atoms with Gasteiger partial charge in [0, 0.05) is 19.6 Å². The average Bonchev–Trinajstić information content (AvgIpc) is 2.37. The van der Waals surface area contributed by atoms with Gasteiger partial charge >= 0.3 is 0 Å². The van der Waals surface area contributed by atoms with Crippen LogP contribution in [0.2, 0.25) is 0 Å². The molecule has 0 radical (unpaired) electrons. The van der Waals surface area contributed by atoms with Crippen LogP contribution in [0.15, 0.2) is 29.2 Å². The van der Waals surface area contributed by atoms with Gasteiger partial charge in [-0.3, -0.25) is 0 Å². The quantitative estimate of drug-likeness (QED) is 0.817. The van der Waals surface area contributed by atoms with E-state index in [9.17, 15) is 13.5 Å². The Morgan fingerprint density at radius 2 is 1.79 bits per heavy atom. The number of aliphatic hydroxyl groups is 1. The second-order valence-corrected chi connectivity index (χ2v) is 6.76. The number of rotatable bonds is 6. The van der Waals surface area contributed by atoms with Gasteiger partial charge in [0.15, 0.2) is 0 Å². The van der Waals surface area contributed by atoms with E-state index in [-0.39, 0.29) is 17.5 Å². The number of sulfonamides is 1. The Balaban J connectivity index is 2.96. The summed E-state index contributed by atoms with van der Waals surface area (Å²) >= 11 is 0. The van der Waals surface area contributed by atoms with Gasteiger partial charge in [-0.15, -0.1) is 0 Å². The molecule has 5 nitrogen and oxygen atoms in total. The molecule has 0 heterocycles. The third kappa shape index (κ3) is 4.01. The SMILES string of the molecule is CNC(C)c1ccc(S(=O)(=O)N(C)CC(C)O)cc1. The number of aliphatic hydroxyl groups excluding tert-OH is 1. The maximum atomic E-state index is 12.2. The van der Waals surface area contributed by atoms with Gasteiger partial charge in [-0.25, -0.2) is 8.42 Å². The van der Waals surface area contributed by atoms with Crippen molar-refractivity contribution < 1.29 is 13.5 Å². The Morgan fingerprint density at radius 3 is 2.21 bits per heavy atom. The van der Waals surface area contributed by atoms with Crippen molar-refractivity contribution in [1.82, 2.24) is 9.62 Å². The molecule has 108 valence electrons. The minimum atomic E-state index is -3.53. The average molecular weight is 286 g/mol. The zero-order chi connectivity index (χ0) is 14.6. The van der Waals surface area contributed by atoms with Crippen molar-refractivity contribution in [3.05, 3.63) is 29.8 Å². The highest BCUT2D eigenvalue weighted by molar-refractivity contribution is 7.89. The molecule has 0 aliphatic rings. The highest BCUT2D eigenvalue weighted by atomic mass is 32.2. The van der Waals surface area contributed by atoms with E-state index in [0.29, 0.717) is 0 Å². The van der Waals surface area contributed by atoms with E-state index in [4.69, 9.17) is 0 Å². The van der Waals surface area contributed by atoms with E-state index in [1.165, 1.54) is 7.05 Å². The molecule has 2 atom stereocenters. The van der Waals surface area contributed by atoms with Crippen LogP contribution in [0.5, 0.6) is 0 Å². The van der Waals surface area contributed by atoms with Gasteiger partial charge in [0.2, 0.25) is 10.0 Å². The van der Waals surface area contributed by atoms with Gasteiger partial charge in [-0.05, 0) is 38.6 Å². The van der Waals surface area contributed by atoms with Gasteiger partial charge in [0.1, 0.15) is 0 Å². The van der Waals surface area contributed by atoms with Crippen LogP contribution in [-0.2, 0) is 10.0 Å². The predicted octanol–water partition coefficient (Wildman–Crippen LogP) is 0.968. The molecule has 1 aromatic rings. The Bertz CT molecular complexity index is 497. The zero-order valence-electron chi connectivity index (χ0n) is 11.8. The number of nitrogens with zero attached hydrogens (tertiary/aromatic N) is 1. The Morgan fingerprint density at radius 1 is 1.26 bits per heavy atom. The van der Waals surface area contributed by atoms with Crippen LogP contribution in [-0.4, -0.2) is 44.6 Å². The maximum Gasteiger partial charge on any atom is 0.242 e. The number of benzene rings is 1. The molecule has 1 rings (SSSR count). The molecule has 2 N–H and O–H groups in total. The summed E-state index contributed by atoms with van der Waals surface area (Å²) in [6.07, 6.45) is -0.691. The smallest absolute Gasteiger partial charge is 0.242 e. The lowest BCUT2D eigenvalue weighted by molar-refractivity contribution is 0.171. The van der Waals surface area contributed by atoms with Crippen LogP contribution in [0.1, 0.15) is 25.5 Å². The highest BCUT2D eigenvalue weighted by Gasteiger charge is 2.21. The molecule has 0 aliphatic heterocycles. The number of likely N-dealkylation sites (N-methyl/N-ethyl adjacent to an activating group) is 1. The first-order valence-corrected chi connectivity index (χ1v) is 7.64. The molecule has 0 spiro atoms. The summed E-state index contributed by atoms with van der Waals surface area (Å²) < 4.78 is 25.6. The fourth-order valence-corrected chi connectivity index (χ4v) is 3.00. The maximum absolute atomic E-state index is 12.2. The lowest BCUT2D eigenvalue weighted by Gasteiger charge is -2.19. The molecule has 0 aliphatic carbocycles. The van der Waals surface area contributed by atoms with Gasteiger partial charge < -0.3 is 10.4 Å². The van der Waals surface area contributed by atoms with E-state index in [0.717, 1.165) is 9.87 Å². The summed E-state index contributed by atoms with van der Waals surface area (Å²) in [7, 11) is -0.213. The van der Waals surface area contributed by atoms with Crippen molar-refractivity contribution in [2.75, 3.05) is 20.6 Å². The fourth-order valence-electron chi connectivity index (χ4n) is 1.75. The van der Waals surface area contributed by atoms with Crippen molar-refractivity contribution in [3.63, 3.8) is 0 Å². The van der Waals surface area contributed by atoms with Gasteiger partial charge in [0.25, 0.3) is 0 Å². The van der Waals surface area contributed by atoms with E-state index in [1.54, 1.807) is 31.2 Å². The fraction of sp³-hybridized carbons (Fsp3) is 0.538. The Labute approximate surface area is 115 Å². The van der Waals surface area contributed by atoms with Crippen LogP contribution < -0.4 is 5.32 Å². The van der Waals surface area contributed by atoms with Crippen LogP contribution in [0.25, 0.3) is 0 Å². The molecule has 2 unspecified atom stereocenters. The van der Waals surface area contributed by atoms with Gasteiger partial charge in [-0.1, -0.05) is 12.1 Å². The minimum Gasteiger partial charge on any atom is -0.392 e. The predicted molar refractivity (Wildman–Crippen MR) is 75.4 cm³/mol. The van der Waals surface area contributed by atoms with Crippen molar-refractivity contribution in [1.29, 1.82) is 0 Å². The largest absolute Gasteiger partial charge is 0.392 e. The summed E-state index contributed by atoms with van der Waals surface area (Å²) in [5, 5.41) is 12.4. The summed E-state index contributed by atoms with van der Waals surface area (Å²) in [6.45, 7) is 3.64. The summed E-state index contributed by atoms with van der Waals surface area (Å²) in [6, 6.07) is 6.95. The molecule has 0 aromatic heterocycles. The Hall–Kier alpha value is -0.950.